The molecule has 0 aliphatic rings. The molecule has 1 aromatic carbocycles. The molecule has 4 nitrogen and oxygen atoms in total. The van der Waals surface area contributed by atoms with Crippen LogP contribution in [-0.4, -0.2) is 49.5 Å². The number of hydrogen-bond donors (Lipinski definition) is 2. The Morgan fingerprint density at radius 1 is 0.867 bits per heavy atom. The van der Waals surface area contributed by atoms with Gasteiger partial charge in [-0.05, 0) is 12.1 Å². The summed E-state index contributed by atoms with van der Waals surface area (Å²) >= 11 is 0. The fourth-order valence-corrected chi connectivity index (χ4v) is 0.856. The van der Waals surface area contributed by atoms with Gasteiger partial charge in [-0.25, -0.2) is 9.59 Å². The van der Waals surface area contributed by atoms with Crippen LogP contribution in [0.4, 0.5) is 0 Å². The number of carboxylic acids is 2. The van der Waals surface area contributed by atoms with Crippen LogP contribution < -0.4 is 0 Å². The second kappa shape index (κ2) is 8.93. The average molecular weight is 446 g/mol. The number of carboxylic acid groups (broad SMARTS) is 2. The van der Waals surface area contributed by atoms with Gasteiger partial charge in [-0.15, -0.1) is 24.8 Å². The fourth-order valence-electron chi connectivity index (χ4n) is 0.856. The Labute approximate surface area is 119 Å². The first-order valence-electron chi connectivity index (χ1n) is 3.18. The van der Waals surface area contributed by atoms with Gasteiger partial charge in [0.2, 0.25) is 0 Å². The smallest absolute Gasteiger partial charge is 0.336 e. The maximum atomic E-state index is 10.5. The summed E-state index contributed by atoms with van der Waals surface area (Å²) in [4.78, 5) is 20.9. The van der Waals surface area contributed by atoms with Crippen LogP contribution in [0.5, 0.6) is 0 Å². The van der Waals surface area contributed by atoms with Crippen molar-refractivity contribution in [3.8, 4) is 0 Å². The van der Waals surface area contributed by atoms with Crippen molar-refractivity contribution >= 4 is 64.1 Å². The van der Waals surface area contributed by atoms with Gasteiger partial charge in [0.15, 0.2) is 0 Å². The third-order valence-electron chi connectivity index (χ3n) is 1.39. The molecule has 0 aromatic heterocycles. The topological polar surface area (TPSA) is 74.6 Å². The molecule has 0 aliphatic heterocycles. The second-order valence-electron chi connectivity index (χ2n) is 2.16. The maximum absolute atomic E-state index is 10.5. The molecule has 0 aliphatic carbocycles. The number of aromatic carboxylic acids is 2. The third-order valence-corrected chi connectivity index (χ3v) is 1.39. The average Bonchev–Trinajstić information content (AvgIpc) is 2.04. The van der Waals surface area contributed by atoms with E-state index in [0.29, 0.717) is 0 Å². The minimum atomic E-state index is -1.23. The minimum Gasteiger partial charge on any atom is -0.478 e. The fraction of sp³-hybridized carbons (Fsp3) is 0. The molecule has 0 heterocycles. The van der Waals surface area contributed by atoms with Crippen LogP contribution in [-0.2, 0) is 0 Å². The first-order valence-corrected chi connectivity index (χ1v) is 3.18. The summed E-state index contributed by atoms with van der Waals surface area (Å²) in [6.07, 6.45) is 0. The Morgan fingerprint density at radius 2 is 1.13 bits per heavy atom. The van der Waals surface area contributed by atoms with Gasteiger partial charge >= 0.3 is 11.9 Å². The molecule has 1 rings (SSSR count). The van der Waals surface area contributed by atoms with Crippen LogP contribution >= 0.6 is 24.8 Å². The van der Waals surface area contributed by atoms with E-state index in [1.165, 1.54) is 24.3 Å². The van der Waals surface area contributed by atoms with Crippen molar-refractivity contribution in [3.05, 3.63) is 35.4 Å². The largest absolute Gasteiger partial charge is 0.478 e. The van der Waals surface area contributed by atoms with Gasteiger partial charge in [0.1, 0.15) is 0 Å². The Balaban J connectivity index is -0.000000480. The molecule has 7 heteroatoms. The molecule has 2 N–H and O–H groups in total. The van der Waals surface area contributed by atoms with E-state index in [1.807, 2.05) is 0 Å². The van der Waals surface area contributed by atoms with Crippen molar-refractivity contribution in [2.45, 2.75) is 0 Å². The summed E-state index contributed by atoms with van der Waals surface area (Å²) in [6.45, 7) is 0. The van der Waals surface area contributed by atoms with Crippen molar-refractivity contribution in [1.29, 1.82) is 0 Å². The number of carbonyl (C=O) groups is 2. The predicted octanol–water partition coefficient (Wildman–Crippen LogP) is 1.55. The molecule has 0 bridgehead atoms. The molecule has 0 atom stereocenters. The molecule has 1 aromatic rings. The van der Waals surface area contributed by atoms with E-state index in [9.17, 15) is 9.59 Å². The van der Waals surface area contributed by atoms with E-state index >= 15 is 0 Å². The van der Waals surface area contributed by atoms with Crippen molar-refractivity contribution < 1.29 is 19.8 Å². The monoisotopic (exact) mass is 446 g/mol. The Hall–Kier alpha value is -0.338. The van der Waals surface area contributed by atoms with Crippen LogP contribution in [0.25, 0.3) is 0 Å². The summed E-state index contributed by atoms with van der Waals surface area (Å²) in [5.74, 6) is -2.46. The zero-order chi connectivity index (χ0) is 9.14. The maximum Gasteiger partial charge on any atom is 0.336 e. The number of halogens is 2. The zero-order valence-corrected chi connectivity index (χ0v) is 12.9. The van der Waals surface area contributed by atoms with Crippen LogP contribution in [0, 0.1) is 0 Å². The molecule has 82 valence electrons. The van der Waals surface area contributed by atoms with Gasteiger partial charge in [-0.1, -0.05) is 12.1 Å². The van der Waals surface area contributed by atoms with E-state index in [1.54, 1.807) is 0 Å². The molecule has 0 fully saturated rings. The van der Waals surface area contributed by atoms with Crippen LogP contribution in [0.1, 0.15) is 20.7 Å². The summed E-state index contributed by atoms with van der Waals surface area (Å²) in [5, 5.41) is 17.1. The summed E-state index contributed by atoms with van der Waals surface area (Å²) in [5.41, 5.74) is -0.380. The molecule has 0 amide bonds. The number of hydrogen-bond acceptors (Lipinski definition) is 2. The first-order chi connectivity index (χ1) is 5.63. The Bertz CT molecular complexity index is 310. The summed E-state index contributed by atoms with van der Waals surface area (Å²) < 4.78 is 0. The second-order valence-corrected chi connectivity index (χ2v) is 2.16. The molecule has 15 heavy (non-hydrogen) atoms. The Kier molecular flexibility index (Phi) is 12.0. The summed E-state index contributed by atoms with van der Waals surface area (Å²) in [7, 11) is 0. The van der Waals surface area contributed by atoms with E-state index in [-0.39, 0.29) is 63.2 Å². The van der Waals surface area contributed by atoms with Crippen LogP contribution in [0.2, 0.25) is 0 Å². The van der Waals surface area contributed by atoms with Gasteiger partial charge in [0.25, 0.3) is 0 Å². The van der Waals surface area contributed by atoms with Gasteiger partial charge in [0.05, 0.1) is 11.1 Å². The van der Waals surface area contributed by atoms with Crippen LogP contribution in [0.3, 0.4) is 0 Å². The number of benzene rings is 1. The zero-order valence-electron chi connectivity index (χ0n) is 7.34. The minimum absolute atomic E-state index is 0. The molecular weight excluding hydrogens is 438 g/mol. The van der Waals surface area contributed by atoms with Gasteiger partial charge in [-0.3, -0.25) is 0 Å². The molecular formula is C8H8Cl2O4Pb. The van der Waals surface area contributed by atoms with E-state index < -0.39 is 11.9 Å². The van der Waals surface area contributed by atoms with Crippen LogP contribution in [0.15, 0.2) is 24.3 Å². The summed E-state index contributed by atoms with van der Waals surface area (Å²) in [6, 6.07) is 5.48. The van der Waals surface area contributed by atoms with E-state index in [0.717, 1.165) is 0 Å². The SMILES string of the molecule is Cl.Cl.O=C(O)c1ccccc1C(=O)O.[Pb]. The number of rotatable bonds is 2. The van der Waals surface area contributed by atoms with Crippen molar-refractivity contribution in [3.63, 3.8) is 0 Å². The standard InChI is InChI=1S/C8H6O4.2ClH.Pb/c9-7(10)5-3-1-2-4-6(5)8(11)12;;;/h1-4H,(H,9,10)(H,11,12);2*1H;. The normalized spacial score (nSPS) is 7.47. The predicted molar refractivity (Wildman–Crippen MR) is 60.6 cm³/mol. The first kappa shape index (κ1) is 20.1. The van der Waals surface area contributed by atoms with Gasteiger partial charge in [0, 0.05) is 27.3 Å². The molecule has 4 radical (unpaired) electrons. The molecule has 0 saturated heterocycles. The van der Waals surface area contributed by atoms with Gasteiger partial charge < -0.3 is 10.2 Å². The van der Waals surface area contributed by atoms with E-state index in [2.05, 4.69) is 0 Å². The van der Waals surface area contributed by atoms with Crippen molar-refractivity contribution in [2.75, 3.05) is 0 Å². The molecule has 0 unspecified atom stereocenters. The van der Waals surface area contributed by atoms with Gasteiger partial charge in [-0.2, -0.15) is 0 Å². The van der Waals surface area contributed by atoms with Crippen molar-refractivity contribution in [1.82, 2.24) is 0 Å². The third kappa shape index (κ3) is 5.34. The molecule has 0 saturated carbocycles. The van der Waals surface area contributed by atoms with E-state index in [4.69, 9.17) is 10.2 Å². The van der Waals surface area contributed by atoms with Crippen molar-refractivity contribution in [2.24, 2.45) is 0 Å². The quantitative estimate of drug-likeness (QED) is 0.677. The Morgan fingerprint density at radius 3 is 1.33 bits per heavy atom. The molecule has 0 spiro atoms.